The maximum absolute atomic E-state index is 12.2. The Morgan fingerprint density at radius 2 is 2.00 bits per heavy atom. The van der Waals surface area contributed by atoms with Crippen LogP contribution < -0.4 is 16.0 Å². The summed E-state index contributed by atoms with van der Waals surface area (Å²) in [4.78, 5) is 24.4. The van der Waals surface area contributed by atoms with Crippen LogP contribution in [0.15, 0.2) is 47.1 Å². The molecule has 0 saturated heterocycles. The Morgan fingerprint density at radius 1 is 1.21 bits per heavy atom. The largest absolute Gasteiger partial charge is 0.468 e. The van der Waals surface area contributed by atoms with Crippen molar-refractivity contribution in [3.63, 3.8) is 0 Å². The molecular weight excluding hydrogens is 306 g/mol. The number of anilines is 1. The Balaban J connectivity index is 1.56. The van der Waals surface area contributed by atoms with Gasteiger partial charge in [0.25, 0.3) is 5.91 Å². The van der Waals surface area contributed by atoms with Crippen molar-refractivity contribution in [2.24, 2.45) is 0 Å². The minimum Gasteiger partial charge on any atom is -0.468 e. The van der Waals surface area contributed by atoms with Crippen molar-refractivity contribution in [2.45, 2.75) is 31.8 Å². The summed E-state index contributed by atoms with van der Waals surface area (Å²) in [5.41, 5.74) is 1.00. The first kappa shape index (κ1) is 16.3. The molecule has 1 aliphatic carbocycles. The fourth-order valence-electron chi connectivity index (χ4n) is 2.36. The van der Waals surface area contributed by atoms with Gasteiger partial charge in [0.1, 0.15) is 5.76 Å². The first-order valence-corrected chi connectivity index (χ1v) is 8.10. The quantitative estimate of drug-likeness (QED) is 0.729. The van der Waals surface area contributed by atoms with Crippen LogP contribution in [0.3, 0.4) is 0 Å². The number of nitrogens with one attached hydrogen (secondary N) is 3. The molecule has 1 aliphatic rings. The van der Waals surface area contributed by atoms with Gasteiger partial charge in [-0.1, -0.05) is 12.1 Å². The standard InChI is InChI=1S/C18H21N3O3/c1-12(16-7-4-10-24-16)19-11-17(22)21-15-6-3-2-5-14(15)18(23)20-13-8-9-13/h2-7,10,12-13,19H,8-9,11H2,1H3,(H,20,23)(H,21,22). The molecule has 0 bridgehead atoms. The molecule has 0 aliphatic heterocycles. The zero-order chi connectivity index (χ0) is 16.9. The second-order valence-electron chi connectivity index (χ2n) is 5.96. The van der Waals surface area contributed by atoms with Crippen LogP contribution in [0, 0.1) is 0 Å². The van der Waals surface area contributed by atoms with Crippen molar-refractivity contribution in [1.82, 2.24) is 10.6 Å². The molecule has 6 nitrogen and oxygen atoms in total. The maximum atomic E-state index is 12.2. The number of furan rings is 1. The molecule has 1 aromatic heterocycles. The lowest BCUT2D eigenvalue weighted by molar-refractivity contribution is -0.115. The lowest BCUT2D eigenvalue weighted by Crippen LogP contribution is -2.31. The van der Waals surface area contributed by atoms with E-state index in [9.17, 15) is 9.59 Å². The van der Waals surface area contributed by atoms with E-state index < -0.39 is 0 Å². The number of amides is 2. The average molecular weight is 327 g/mol. The molecule has 6 heteroatoms. The molecule has 2 amide bonds. The van der Waals surface area contributed by atoms with Gasteiger partial charge in [0.05, 0.1) is 30.1 Å². The molecular formula is C18H21N3O3. The summed E-state index contributed by atoms with van der Waals surface area (Å²) < 4.78 is 5.29. The van der Waals surface area contributed by atoms with E-state index in [1.54, 1.807) is 30.5 Å². The fourth-order valence-corrected chi connectivity index (χ4v) is 2.36. The number of carbonyl (C=O) groups is 2. The monoisotopic (exact) mass is 327 g/mol. The van der Waals surface area contributed by atoms with Gasteiger partial charge in [0.15, 0.2) is 0 Å². The summed E-state index contributed by atoms with van der Waals surface area (Å²) in [6.45, 7) is 2.05. The summed E-state index contributed by atoms with van der Waals surface area (Å²) in [5, 5.41) is 8.82. The summed E-state index contributed by atoms with van der Waals surface area (Å²) in [7, 11) is 0. The number of benzene rings is 1. The van der Waals surface area contributed by atoms with E-state index in [4.69, 9.17) is 4.42 Å². The number of para-hydroxylation sites is 1. The van der Waals surface area contributed by atoms with Crippen molar-refractivity contribution in [3.05, 3.63) is 54.0 Å². The molecule has 1 fully saturated rings. The molecule has 3 N–H and O–H groups in total. The number of hydrogen-bond donors (Lipinski definition) is 3. The van der Waals surface area contributed by atoms with Crippen LogP contribution in [-0.2, 0) is 4.79 Å². The van der Waals surface area contributed by atoms with Gasteiger partial charge in [-0.3, -0.25) is 14.9 Å². The Bertz CT molecular complexity index is 708. The van der Waals surface area contributed by atoms with Gasteiger partial charge in [-0.2, -0.15) is 0 Å². The van der Waals surface area contributed by atoms with Crippen molar-refractivity contribution in [2.75, 3.05) is 11.9 Å². The van der Waals surface area contributed by atoms with Gasteiger partial charge in [-0.15, -0.1) is 0 Å². The van der Waals surface area contributed by atoms with E-state index in [1.165, 1.54) is 0 Å². The van der Waals surface area contributed by atoms with Crippen LogP contribution in [0.4, 0.5) is 5.69 Å². The molecule has 0 radical (unpaired) electrons. The second-order valence-corrected chi connectivity index (χ2v) is 5.96. The number of carbonyl (C=O) groups excluding carboxylic acids is 2. The smallest absolute Gasteiger partial charge is 0.253 e. The van der Waals surface area contributed by atoms with Gasteiger partial charge in [0, 0.05) is 6.04 Å². The van der Waals surface area contributed by atoms with Gasteiger partial charge >= 0.3 is 0 Å². The topological polar surface area (TPSA) is 83.4 Å². The Morgan fingerprint density at radius 3 is 2.71 bits per heavy atom. The van der Waals surface area contributed by atoms with Crippen LogP contribution in [0.25, 0.3) is 0 Å². The zero-order valence-corrected chi connectivity index (χ0v) is 13.5. The van der Waals surface area contributed by atoms with Gasteiger partial charge < -0.3 is 15.1 Å². The summed E-state index contributed by atoms with van der Waals surface area (Å²) in [6.07, 6.45) is 3.64. The van der Waals surface area contributed by atoms with E-state index in [2.05, 4.69) is 16.0 Å². The molecule has 1 saturated carbocycles. The van der Waals surface area contributed by atoms with E-state index in [0.29, 0.717) is 11.3 Å². The molecule has 1 aromatic carbocycles. The Kier molecular flexibility index (Phi) is 4.96. The molecule has 3 rings (SSSR count). The molecule has 1 heterocycles. The van der Waals surface area contributed by atoms with E-state index in [1.807, 2.05) is 19.1 Å². The third-order valence-electron chi connectivity index (χ3n) is 3.90. The second kappa shape index (κ2) is 7.31. The zero-order valence-electron chi connectivity index (χ0n) is 13.5. The summed E-state index contributed by atoms with van der Waals surface area (Å²) in [6, 6.07) is 10.9. The lowest BCUT2D eigenvalue weighted by atomic mass is 10.1. The van der Waals surface area contributed by atoms with Crippen molar-refractivity contribution >= 4 is 17.5 Å². The lowest BCUT2D eigenvalue weighted by Gasteiger charge is -2.13. The first-order chi connectivity index (χ1) is 11.6. The highest BCUT2D eigenvalue weighted by Crippen LogP contribution is 2.21. The molecule has 2 aromatic rings. The van der Waals surface area contributed by atoms with Gasteiger partial charge in [0.2, 0.25) is 5.91 Å². The SMILES string of the molecule is CC(NCC(=O)Nc1ccccc1C(=O)NC1CC1)c1ccco1. The van der Waals surface area contributed by atoms with Gasteiger partial charge in [-0.05, 0) is 44.0 Å². The molecule has 1 atom stereocenters. The van der Waals surface area contributed by atoms with E-state index >= 15 is 0 Å². The van der Waals surface area contributed by atoms with Crippen LogP contribution in [-0.4, -0.2) is 24.4 Å². The normalized spacial score (nSPS) is 14.9. The predicted molar refractivity (Wildman–Crippen MR) is 90.7 cm³/mol. The molecule has 126 valence electrons. The van der Waals surface area contributed by atoms with Crippen LogP contribution >= 0.6 is 0 Å². The minimum atomic E-state index is -0.208. The third-order valence-corrected chi connectivity index (χ3v) is 3.90. The molecule has 24 heavy (non-hydrogen) atoms. The maximum Gasteiger partial charge on any atom is 0.253 e. The van der Waals surface area contributed by atoms with E-state index in [-0.39, 0.29) is 30.4 Å². The highest BCUT2D eigenvalue weighted by molar-refractivity contribution is 6.04. The molecule has 1 unspecified atom stereocenters. The highest BCUT2D eigenvalue weighted by atomic mass is 16.3. The first-order valence-electron chi connectivity index (χ1n) is 8.10. The van der Waals surface area contributed by atoms with E-state index in [0.717, 1.165) is 18.6 Å². The van der Waals surface area contributed by atoms with Crippen LogP contribution in [0.2, 0.25) is 0 Å². The highest BCUT2D eigenvalue weighted by Gasteiger charge is 2.25. The predicted octanol–water partition coefficient (Wildman–Crippen LogP) is 2.46. The van der Waals surface area contributed by atoms with Crippen molar-refractivity contribution < 1.29 is 14.0 Å². The Labute approximate surface area is 140 Å². The summed E-state index contributed by atoms with van der Waals surface area (Å²) >= 11 is 0. The van der Waals surface area contributed by atoms with Crippen LogP contribution in [0.5, 0.6) is 0 Å². The number of rotatable bonds is 7. The molecule has 0 spiro atoms. The summed E-state index contributed by atoms with van der Waals surface area (Å²) in [5.74, 6) is 0.414. The van der Waals surface area contributed by atoms with Gasteiger partial charge in [-0.25, -0.2) is 0 Å². The fraction of sp³-hybridized carbons (Fsp3) is 0.333. The minimum absolute atomic E-state index is 0.0702. The van der Waals surface area contributed by atoms with Crippen LogP contribution in [0.1, 0.15) is 41.9 Å². The third kappa shape index (κ3) is 4.23. The van der Waals surface area contributed by atoms with Crippen molar-refractivity contribution in [3.8, 4) is 0 Å². The average Bonchev–Trinajstić information content (AvgIpc) is 3.22. The van der Waals surface area contributed by atoms with Crippen molar-refractivity contribution in [1.29, 1.82) is 0 Å². The number of hydrogen-bond acceptors (Lipinski definition) is 4. The Hall–Kier alpha value is -2.60.